The summed E-state index contributed by atoms with van der Waals surface area (Å²) in [6.45, 7) is 9.75. The molecule has 0 aliphatic carbocycles. The Morgan fingerprint density at radius 3 is 2.94 bits per heavy atom. The Balaban J connectivity index is 2.44. The van der Waals surface area contributed by atoms with Crippen LogP contribution in [0.5, 0.6) is 0 Å². The maximum absolute atomic E-state index is 5.46. The van der Waals surface area contributed by atoms with Crippen LogP contribution >= 0.6 is 30.4 Å². The molecule has 2 nitrogen and oxygen atoms in total. The number of hydrogen-bond acceptors (Lipinski definition) is 3. The number of hydrogen-bond donors (Lipinski definition) is 0. The third kappa shape index (κ3) is 5.63. The average Bonchev–Trinajstić information content (AvgIpc) is 2.72. The Labute approximate surface area is 128 Å². The zero-order chi connectivity index (χ0) is 13.4. The Hall–Kier alpha value is 0.480. The molecule has 0 aromatic rings. The lowest BCUT2D eigenvalue weighted by molar-refractivity contribution is 0.266. The maximum atomic E-state index is 5.46. The summed E-state index contributed by atoms with van der Waals surface area (Å²) in [7, 11) is 1.45. The first-order valence-corrected chi connectivity index (χ1v) is 9.95. The summed E-state index contributed by atoms with van der Waals surface area (Å²) < 4.78 is 5.46. The van der Waals surface area contributed by atoms with E-state index in [2.05, 4.69) is 65.1 Å². The summed E-state index contributed by atoms with van der Waals surface area (Å²) in [5, 5.41) is 0. The molecule has 0 bridgehead atoms. The van der Waals surface area contributed by atoms with Crippen molar-refractivity contribution in [2.75, 3.05) is 19.7 Å². The van der Waals surface area contributed by atoms with Crippen molar-refractivity contribution in [3.05, 3.63) is 23.8 Å². The highest BCUT2D eigenvalue weighted by Gasteiger charge is 2.29. The normalized spacial score (nSPS) is 26.3. The second-order valence-electron chi connectivity index (χ2n) is 4.90. The second kappa shape index (κ2) is 9.39. The molecule has 0 spiro atoms. The zero-order valence-electron chi connectivity index (χ0n) is 11.6. The minimum Gasteiger partial charge on any atom is -0.305 e. The van der Waals surface area contributed by atoms with Crippen LogP contribution in [0.25, 0.3) is 0 Å². The lowest BCUT2D eigenvalue weighted by atomic mass is 10.1. The molecule has 0 amide bonds. The van der Waals surface area contributed by atoms with Crippen LogP contribution in [0.3, 0.4) is 0 Å². The van der Waals surface area contributed by atoms with Crippen LogP contribution in [0, 0.1) is 5.92 Å². The van der Waals surface area contributed by atoms with Gasteiger partial charge in [-0.3, -0.25) is 4.90 Å². The van der Waals surface area contributed by atoms with Crippen molar-refractivity contribution < 1.29 is 4.18 Å². The largest absolute Gasteiger partial charge is 0.305 e. The third-order valence-corrected chi connectivity index (χ3v) is 4.45. The average molecular weight is 381 g/mol. The summed E-state index contributed by atoms with van der Waals surface area (Å²) >= 11 is 2.19. The third-order valence-electron chi connectivity index (χ3n) is 3.46. The molecule has 1 aliphatic rings. The fourth-order valence-electron chi connectivity index (χ4n) is 2.42. The van der Waals surface area contributed by atoms with Gasteiger partial charge in [0.2, 0.25) is 0 Å². The molecule has 2 atom stereocenters. The molecular formula is C14H24INOS. The van der Waals surface area contributed by atoms with Gasteiger partial charge >= 0.3 is 0 Å². The van der Waals surface area contributed by atoms with E-state index in [1.165, 1.54) is 21.2 Å². The summed E-state index contributed by atoms with van der Waals surface area (Å²) in [4.78, 5) is 2.57. The van der Waals surface area contributed by atoms with Gasteiger partial charge in [0.1, 0.15) is 0 Å². The van der Waals surface area contributed by atoms with Crippen LogP contribution in [0.1, 0.15) is 33.6 Å². The minimum absolute atomic E-state index is 0.669. The Morgan fingerprint density at radius 2 is 2.33 bits per heavy atom. The van der Waals surface area contributed by atoms with Gasteiger partial charge in [-0.1, -0.05) is 25.2 Å². The van der Waals surface area contributed by atoms with Crippen molar-refractivity contribution in [1.82, 2.24) is 4.90 Å². The molecule has 1 rings (SSSR count). The molecule has 0 aromatic carbocycles. The number of rotatable bonds is 7. The number of nitrogens with zero attached hydrogens (tertiary/aromatic N) is 1. The van der Waals surface area contributed by atoms with E-state index in [1.54, 1.807) is 0 Å². The molecule has 0 radical (unpaired) electrons. The van der Waals surface area contributed by atoms with Gasteiger partial charge in [0.25, 0.3) is 0 Å². The second-order valence-corrected chi connectivity index (χ2v) is 6.34. The first-order valence-electron chi connectivity index (χ1n) is 6.67. The van der Waals surface area contributed by atoms with Crippen LogP contribution in [-0.4, -0.2) is 30.6 Å². The minimum atomic E-state index is 0.669. The van der Waals surface area contributed by atoms with Crippen molar-refractivity contribution in [1.29, 1.82) is 0 Å². The highest BCUT2D eigenvalue weighted by Crippen LogP contribution is 2.26. The first kappa shape index (κ1) is 16.5. The van der Waals surface area contributed by atoms with Crippen molar-refractivity contribution in [3.63, 3.8) is 0 Å². The molecule has 0 N–H and O–H groups in total. The molecule has 104 valence electrons. The molecule has 1 saturated heterocycles. The molecule has 0 aromatic heterocycles. The molecular weight excluding hydrogens is 357 g/mol. The smallest absolute Gasteiger partial charge is 0.0664 e. The van der Waals surface area contributed by atoms with Gasteiger partial charge in [-0.2, -0.15) is 0 Å². The van der Waals surface area contributed by atoms with Gasteiger partial charge < -0.3 is 4.18 Å². The van der Waals surface area contributed by atoms with Crippen LogP contribution in [0.15, 0.2) is 23.8 Å². The van der Waals surface area contributed by atoms with E-state index >= 15 is 0 Å². The van der Waals surface area contributed by atoms with Crippen molar-refractivity contribution >= 4 is 30.4 Å². The summed E-state index contributed by atoms with van der Waals surface area (Å²) in [5.74, 6) is 0.690. The van der Waals surface area contributed by atoms with Crippen molar-refractivity contribution in [2.45, 2.75) is 39.7 Å². The SMILES string of the molecule is C/C=C(\C=C/CC)CN1CC(COSI)CC1C. The van der Waals surface area contributed by atoms with Gasteiger partial charge in [-0.05, 0) is 38.2 Å². The van der Waals surface area contributed by atoms with E-state index in [1.807, 2.05) is 0 Å². The molecule has 0 saturated carbocycles. The molecule has 1 fully saturated rings. The first-order chi connectivity index (χ1) is 8.71. The summed E-state index contributed by atoms with van der Waals surface area (Å²) in [5.41, 5.74) is 1.42. The van der Waals surface area contributed by atoms with E-state index in [9.17, 15) is 0 Å². The molecule has 1 aliphatic heterocycles. The zero-order valence-corrected chi connectivity index (χ0v) is 14.5. The number of halogens is 1. The Bertz CT molecular complexity index is 294. The molecule has 2 unspecified atom stereocenters. The van der Waals surface area contributed by atoms with E-state index in [0.717, 1.165) is 26.1 Å². The van der Waals surface area contributed by atoms with Crippen LogP contribution in [0.2, 0.25) is 0 Å². The quantitative estimate of drug-likeness (QED) is 0.363. The van der Waals surface area contributed by atoms with Crippen LogP contribution in [0.4, 0.5) is 0 Å². The topological polar surface area (TPSA) is 12.5 Å². The predicted molar refractivity (Wildman–Crippen MR) is 89.9 cm³/mol. The standard InChI is InChI=1S/C14H24INOS/c1-4-6-7-13(5-2)9-16-10-14(8-12(16)3)11-17-18-15/h5-7,12,14H,4,8-11H2,1-3H3/b7-6-,13-5+. The summed E-state index contributed by atoms with van der Waals surface area (Å²) in [6.07, 6.45) is 9.09. The number of likely N-dealkylation sites (tertiary alicyclic amines) is 1. The van der Waals surface area contributed by atoms with Crippen molar-refractivity contribution in [2.24, 2.45) is 5.92 Å². The van der Waals surface area contributed by atoms with E-state index < -0.39 is 0 Å². The van der Waals surface area contributed by atoms with Gasteiger partial charge in [-0.15, -0.1) is 0 Å². The number of allylic oxidation sites excluding steroid dienone is 2. The fourth-order valence-corrected chi connectivity index (χ4v) is 3.11. The fraction of sp³-hybridized carbons (Fsp3) is 0.714. The molecule has 18 heavy (non-hydrogen) atoms. The summed E-state index contributed by atoms with van der Waals surface area (Å²) in [6, 6.07) is 0.669. The predicted octanol–water partition coefficient (Wildman–Crippen LogP) is 4.62. The van der Waals surface area contributed by atoms with Crippen LogP contribution < -0.4 is 0 Å². The van der Waals surface area contributed by atoms with E-state index in [4.69, 9.17) is 4.18 Å². The highest BCUT2D eigenvalue weighted by molar-refractivity contribution is 14.2. The molecule has 1 heterocycles. The van der Waals surface area contributed by atoms with Gasteiger partial charge in [0, 0.05) is 40.3 Å². The lowest BCUT2D eigenvalue weighted by Gasteiger charge is -2.21. The van der Waals surface area contributed by atoms with Gasteiger partial charge in [-0.25, -0.2) is 0 Å². The van der Waals surface area contributed by atoms with Gasteiger partial charge in [0.05, 0.1) is 15.8 Å². The van der Waals surface area contributed by atoms with Crippen molar-refractivity contribution in [3.8, 4) is 0 Å². The maximum Gasteiger partial charge on any atom is 0.0664 e. The van der Waals surface area contributed by atoms with Gasteiger partial charge in [0.15, 0.2) is 0 Å². The molecule has 4 heteroatoms. The Morgan fingerprint density at radius 1 is 1.56 bits per heavy atom. The monoisotopic (exact) mass is 381 g/mol. The lowest BCUT2D eigenvalue weighted by Crippen LogP contribution is -2.29. The Kier molecular flexibility index (Phi) is 8.63. The van der Waals surface area contributed by atoms with E-state index in [0.29, 0.717) is 12.0 Å². The van der Waals surface area contributed by atoms with E-state index in [-0.39, 0.29) is 0 Å². The highest BCUT2D eigenvalue weighted by atomic mass is 127. The van der Waals surface area contributed by atoms with Crippen LogP contribution in [-0.2, 0) is 4.18 Å².